The number of nitrogens with zero attached hydrogens (tertiary/aromatic N) is 1. The first-order chi connectivity index (χ1) is 11.5. The van der Waals surface area contributed by atoms with Gasteiger partial charge in [0.15, 0.2) is 0 Å². The van der Waals surface area contributed by atoms with Crippen LogP contribution < -0.4 is 10.1 Å². The minimum atomic E-state index is -0.556. The van der Waals surface area contributed by atoms with Crippen molar-refractivity contribution >= 4 is 23.2 Å². The Morgan fingerprint density at radius 2 is 1.96 bits per heavy atom. The lowest BCUT2D eigenvalue weighted by Crippen LogP contribution is -2.28. The number of nitro benzene ring substituents is 1. The molecule has 7 heteroatoms. The molecule has 2 aromatic carbocycles. The highest BCUT2D eigenvalue weighted by atomic mass is 35.5. The van der Waals surface area contributed by atoms with Crippen molar-refractivity contribution in [2.75, 3.05) is 7.11 Å². The van der Waals surface area contributed by atoms with Crippen molar-refractivity contribution in [3.8, 4) is 5.75 Å². The molecule has 2 rings (SSSR count). The minimum absolute atomic E-state index is 0.0475. The summed E-state index contributed by atoms with van der Waals surface area (Å²) in [4.78, 5) is 22.6. The van der Waals surface area contributed by atoms with Gasteiger partial charge in [0.25, 0.3) is 11.6 Å². The Bertz CT molecular complexity index is 747. The molecular weight excluding hydrogens is 332 g/mol. The Labute approximate surface area is 144 Å². The van der Waals surface area contributed by atoms with E-state index < -0.39 is 4.92 Å². The molecule has 1 N–H and O–H groups in total. The molecule has 0 saturated heterocycles. The van der Waals surface area contributed by atoms with Crippen LogP contribution in [-0.2, 0) is 0 Å². The molecule has 1 atom stereocenters. The molecule has 0 aliphatic heterocycles. The van der Waals surface area contributed by atoms with Gasteiger partial charge in [0, 0.05) is 12.1 Å². The lowest BCUT2D eigenvalue weighted by molar-refractivity contribution is -0.384. The number of hydrogen-bond donors (Lipinski definition) is 1. The fourth-order valence-corrected chi connectivity index (χ4v) is 2.56. The monoisotopic (exact) mass is 348 g/mol. The quantitative estimate of drug-likeness (QED) is 0.628. The summed E-state index contributed by atoms with van der Waals surface area (Å²) in [6.07, 6.45) is 0.683. The van der Waals surface area contributed by atoms with Crippen LogP contribution >= 0.6 is 11.6 Å². The summed E-state index contributed by atoms with van der Waals surface area (Å²) < 4.78 is 5.12. The van der Waals surface area contributed by atoms with Gasteiger partial charge in [0.2, 0.25) is 0 Å². The van der Waals surface area contributed by atoms with Gasteiger partial charge >= 0.3 is 0 Å². The van der Waals surface area contributed by atoms with Crippen molar-refractivity contribution in [3.05, 3.63) is 68.7 Å². The number of non-ortho nitro benzene ring substituents is 1. The fraction of sp³-hybridized carbons (Fsp3) is 0.235. The average molecular weight is 349 g/mol. The van der Waals surface area contributed by atoms with Crippen LogP contribution in [0, 0.1) is 10.1 Å². The average Bonchev–Trinajstić information content (AvgIpc) is 2.59. The van der Waals surface area contributed by atoms with Crippen LogP contribution in [0.25, 0.3) is 0 Å². The van der Waals surface area contributed by atoms with Gasteiger partial charge in [-0.2, -0.15) is 0 Å². The summed E-state index contributed by atoms with van der Waals surface area (Å²) >= 11 is 6.00. The maximum atomic E-state index is 12.4. The van der Waals surface area contributed by atoms with Crippen molar-refractivity contribution in [1.29, 1.82) is 0 Å². The highest BCUT2D eigenvalue weighted by Gasteiger charge is 2.18. The third-order valence-electron chi connectivity index (χ3n) is 3.64. The number of halogens is 1. The number of nitrogens with one attached hydrogen (secondary N) is 1. The van der Waals surface area contributed by atoms with E-state index in [2.05, 4.69) is 5.32 Å². The number of rotatable bonds is 6. The van der Waals surface area contributed by atoms with Gasteiger partial charge in [-0.3, -0.25) is 14.9 Å². The smallest absolute Gasteiger partial charge is 0.270 e. The van der Waals surface area contributed by atoms with Crippen LogP contribution in [0.5, 0.6) is 5.75 Å². The number of nitro groups is 1. The molecule has 0 spiro atoms. The van der Waals surface area contributed by atoms with Gasteiger partial charge in [-0.15, -0.1) is 0 Å². The molecule has 24 heavy (non-hydrogen) atoms. The first-order valence-electron chi connectivity index (χ1n) is 7.35. The molecular formula is C17H17ClN2O4. The molecule has 0 bridgehead atoms. The molecule has 0 unspecified atom stereocenters. The molecule has 6 nitrogen and oxygen atoms in total. The largest absolute Gasteiger partial charge is 0.497 e. The molecule has 0 fully saturated rings. The molecule has 0 saturated carbocycles. The van der Waals surface area contributed by atoms with Gasteiger partial charge in [-0.25, -0.2) is 0 Å². The molecule has 0 aliphatic carbocycles. The van der Waals surface area contributed by atoms with Gasteiger partial charge in [-0.05, 0) is 30.2 Å². The van der Waals surface area contributed by atoms with Crippen molar-refractivity contribution in [2.45, 2.75) is 19.4 Å². The van der Waals surface area contributed by atoms with E-state index >= 15 is 0 Å². The number of hydrogen-bond acceptors (Lipinski definition) is 4. The van der Waals surface area contributed by atoms with E-state index in [0.29, 0.717) is 6.42 Å². The Balaban J connectivity index is 2.18. The summed E-state index contributed by atoms with van der Waals surface area (Å²) in [6, 6.07) is 11.0. The summed E-state index contributed by atoms with van der Waals surface area (Å²) in [5, 5.41) is 13.7. The highest BCUT2D eigenvalue weighted by molar-refractivity contribution is 6.34. The molecule has 2 aromatic rings. The molecule has 0 aliphatic rings. The second kappa shape index (κ2) is 7.79. The SMILES string of the molecule is CC[C@@H](NC(=O)c1ccc([N+](=O)[O-])cc1Cl)c1ccc(OC)cc1. The van der Waals surface area contributed by atoms with Gasteiger partial charge < -0.3 is 10.1 Å². The Kier molecular flexibility index (Phi) is 5.76. The molecule has 0 radical (unpaired) electrons. The zero-order chi connectivity index (χ0) is 17.7. The highest BCUT2D eigenvalue weighted by Crippen LogP contribution is 2.25. The van der Waals surface area contributed by atoms with Crippen molar-refractivity contribution in [1.82, 2.24) is 5.32 Å². The van der Waals surface area contributed by atoms with Crippen LogP contribution in [-0.4, -0.2) is 17.9 Å². The van der Waals surface area contributed by atoms with E-state index in [0.717, 1.165) is 11.3 Å². The predicted octanol–water partition coefficient (Wildman–Crippen LogP) is 4.14. The summed E-state index contributed by atoms with van der Waals surface area (Å²) in [5.74, 6) is 0.357. The van der Waals surface area contributed by atoms with Gasteiger partial charge in [-0.1, -0.05) is 30.7 Å². The van der Waals surface area contributed by atoms with E-state index in [1.165, 1.54) is 18.2 Å². The number of carbonyl (C=O) groups excluding carboxylic acids is 1. The number of carbonyl (C=O) groups is 1. The van der Waals surface area contributed by atoms with E-state index in [-0.39, 0.29) is 28.2 Å². The van der Waals surface area contributed by atoms with Gasteiger partial charge in [0.05, 0.1) is 28.7 Å². The molecule has 1 amide bonds. The molecule has 0 aromatic heterocycles. The number of amides is 1. The van der Waals surface area contributed by atoms with Crippen LogP contribution in [0.4, 0.5) is 5.69 Å². The standard InChI is InChI=1S/C17H17ClN2O4/c1-3-16(11-4-7-13(24-2)8-5-11)19-17(21)14-9-6-12(20(22)23)10-15(14)18/h4-10,16H,3H2,1-2H3,(H,19,21)/t16-/m1/s1. The first kappa shape index (κ1) is 17.7. The maximum absolute atomic E-state index is 12.4. The summed E-state index contributed by atoms with van der Waals surface area (Å²) in [7, 11) is 1.59. The van der Waals surface area contributed by atoms with E-state index in [4.69, 9.17) is 16.3 Å². The third-order valence-corrected chi connectivity index (χ3v) is 3.95. The van der Waals surface area contributed by atoms with Gasteiger partial charge in [0.1, 0.15) is 5.75 Å². The Morgan fingerprint density at radius 3 is 2.46 bits per heavy atom. The van der Waals surface area contributed by atoms with E-state index in [9.17, 15) is 14.9 Å². The Hall–Kier alpha value is -2.60. The summed E-state index contributed by atoms with van der Waals surface area (Å²) in [5.41, 5.74) is 0.984. The minimum Gasteiger partial charge on any atom is -0.497 e. The van der Waals surface area contributed by atoms with Crippen LogP contribution in [0.2, 0.25) is 5.02 Å². The topological polar surface area (TPSA) is 81.5 Å². The van der Waals surface area contributed by atoms with Crippen molar-refractivity contribution in [3.63, 3.8) is 0 Å². The zero-order valence-electron chi connectivity index (χ0n) is 13.3. The number of methoxy groups -OCH3 is 1. The summed E-state index contributed by atoms with van der Waals surface area (Å²) in [6.45, 7) is 1.95. The predicted molar refractivity (Wildman–Crippen MR) is 91.6 cm³/mol. The Morgan fingerprint density at radius 1 is 1.29 bits per heavy atom. The van der Waals surface area contributed by atoms with Crippen molar-refractivity contribution in [2.24, 2.45) is 0 Å². The number of ether oxygens (including phenoxy) is 1. The second-order valence-corrected chi connectivity index (χ2v) is 5.54. The lowest BCUT2D eigenvalue weighted by Gasteiger charge is -2.18. The van der Waals surface area contributed by atoms with Crippen molar-refractivity contribution < 1.29 is 14.5 Å². The molecule has 126 valence electrons. The van der Waals surface area contributed by atoms with E-state index in [1.54, 1.807) is 7.11 Å². The first-order valence-corrected chi connectivity index (χ1v) is 7.72. The van der Waals surface area contributed by atoms with E-state index in [1.807, 2.05) is 31.2 Å². The molecule has 0 heterocycles. The number of benzene rings is 2. The third kappa shape index (κ3) is 4.02. The van der Waals surface area contributed by atoms with Crippen LogP contribution in [0.3, 0.4) is 0 Å². The van der Waals surface area contributed by atoms with Crippen LogP contribution in [0.15, 0.2) is 42.5 Å². The normalized spacial score (nSPS) is 11.6. The second-order valence-electron chi connectivity index (χ2n) is 5.13. The zero-order valence-corrected chi connectivity index (χ0v) is 14.0. The lowest BCUT2D eigenvalue weighted by atomic mass is 10.0. The maximum Gasteiger partial charge on any atom is 0.270 e. The fourth-order valence-electron chi connectivity index (χ4n) is 2.30. The van der Waals surface area contributed by atoms with Crippen LogP contribution in [0.1, 0.15) is 35.3 Å².